The Morgan fingerprint density at radius 2 is 1.58 bits per heavy atom. The minimum Gasteiger partial charge on any atom is -0.497 e. The third-order valence-electron chi connectivity index (χ3n) is 5.33. The Hall–Kier alpha value is -3.93. The number of carbonyl (C=O) groups excluding carboxylic acids is 2. The second kappa shape index (κ2) is 8.07. The largest absolute Gasteiger partial charge is 0.497 e. The van der Waals surface area contributed by atoms with Gasteiger partial charge in [0.05, 0.1) is 18.4 Å². The summed E-state index contributed by atoms with van der Waals surface area (Å²) in [6.45, 7) is 3.91. The molecule has 6 heteroatoms. The zero-order valence-electron chi connectivity index (χ0n) is 17.4. The van der Waals surface area contributed by atoms with Crippen molar-refractivity contribution >= 4 is 28.8 Å². The highest BCUT2D eigenvalue weighted by atomic mass is 19.1. The van der Waals surface area contributed by atoms with Crippen LogP contribution in [-0.2, 0) is 9.59 Å². The van der Waals surface area contributed by atoms with E-state index in [-0.39, 0.29) is 17.0 Å². The van der Waals surface area contributed by atoms with Crippen LogP contribution in [0.25, 0.3) is 5.57 Å². The number of nitrogens with zero attached hydrogens (tertiary/aromatic N) is 1. The first-order chi connectivity index (χ1) is 14.9. The Morgan fingerprint density at radius 3 is 2.23 bits per heavy atom. The van der Waals surface area contributed by atoms with E-state index in [0.29, 0.717) is 17.0 Å². The third kappa shape index (κ3) is 3.68. The summed E-state index contributed by atoms with van der Waals surface area (Å²) in [4.78, 5) is 27.6. The molecule has 0 fully saturated rings. The Morgan fingerprint density at radius 1 is 0.871 bits per heavy atom. The Bertz CT molecular complexity index is 1220. The van der Waals surface area contributed by atoms with Gasteiger partial charge in [0.25, 0.3) is 11.8 Å². The van der Waals surface area contributed by atoms with Crippen LogP contribution in [0.5, 0.6) is 5.75 Å². The zero-order chi connectivity index (χ0) is 22.1. The number of rotatable bonds is 5. The predicted molar refractivity (Wildman–Crippen MR) is 118 cm³/mol. The molecule has 31 heavy (non-hydrogen) atoms. The number of amides is 2. The van der Waals surface area contributed by atoms with Crippen LogP contribution in [0.1, 0.15) is 16.7 Å². The SMILES string of the molecule is COc1ccc(NC2=C(c3ccc(C)c(C)c3)C(=O)N(c3ccccc3F)C2=O)cc1. The molecule has 0 aliphatic carbocycles. The van der Waals surface area contributed by atoms with Crippen LogP contribution in [0, 0.1) is 19.7 Å². The summed E-state index contributed by atoms with van der Waals surface area (Å²) in [5.41, 5.74) is 3.47. The molecule has 1 N–H and O–H groups in total. The number of nitrogens with one attached hydrogen (secondary N) is 1. The number of aryl methyl sites for hydroxylation is 2. The second-order valence-electron chi connectivity index (χ2n) is 7.30. The number of imide groups is 1. The van der Waals surface area contributed by atoms with Crippen molar-refractivity contribution in [3.63, 3.8) is 0 Å². The van der Waals surface area contributed by atoms with Gasteiger partial charge >= 0.3 is 0 Å². The van der Waals surface area contributed by atoms with E-state index in [4.69, 9.17) is 4.74 Å². The van der Waals surface area contributed by atoms with Crippen molar-refractivity contribution in [2.24, 2.45) is 0 Å². The molecular weight excluding hydrogens is 395 g/mol. The summed E-state index contributed by atoms with van der Waals surface area (Å²) in [6.07, 6.45) is 0. The molecule has 3 aromatic rings. The molecule has 0 saturated heterocycles. The lowest BCUT2D eigenvalue weighted by molar-refractivity contribution is -0.120. The number of methoxy groups -OCH3 is 1. The summed E-state index contributed by atoms with van der Waals surface area (Å²) in [5, 5.41) is 3.06. The summed E-state index contributed by atoms with van der Waals surface area (Å²) in [7, 11) is 1.56. The molecule has 1 aliphatic heterocycles. The maximum Gasteiger partial charge on any atom is 0.282 e. The molecule has 0 atom stereocenters. The number of para-hydroxylation sites is 1. The lowest BCUT2D eigenvalue weighted by atomic mass is 9.99. The fourth-order valence-electron chi connectivity index (χ4n) is 3.48. The number of benzene rings is 3. The number of hydrogen-bond acceptors (Lipinski definition) is 4. The van der Waals surface area contributed by atoms with E-state index in [9.17, 15) is 14.0 Å². The first-order valence-electron chi connectivity index (χ1n) is 9.77. The lowest BCUT2D eigenvalue weighted by Crippen LogP contribution is -2.33. The first kappa shape index (κ1) is 20.3. The van der Waals surface area contributed by atoms with Crippen molar-refractivity contribution in [3.05, 3.63) is 94.9 Å². The van der Waals surface area contributed by atoms with E-state index in [0.717, 1.165) is 16.0 Å². The average Bonchev–Trinajstić information content (AvgIpc) is 3.00. The fourth-order valence-corrected chi connectivity index (χ4v) is 3.48. The van der Waals surface area contributed by atoms with Gasteiger partial charge in [0.1, 0.15) is 17.3 Å². The highest BCUT2D eigenvalue weighted by Crippen LogP contribution is 2.35. The summed E-state index contributed by atoms with van der Waals surface area (Å²) in [5.74, 6) is -1.17. The zero-order valence-corrected chi connectivity index (χ0v) is 17.4. The van der Waals surface area contributed by atoms with Crippen LogP contribution in [0.4, 0.5) is 15.8 Å². The van der Waals surface area contributed by atoms with E-state index >= 15 is 0 Å². The van der Waals surface area contributed by atoms with E-state index in [1.165, 1.54) is 18.2 Å². The van der Waals surface area contributed by atoms with E-state index < -0.39 is 17.6 Å². The van der Waals surface area contributed by atoms with Crippen molar-refractivity contribution in [1.29, 1.82) is 0 Å². The van der Waals surface area contributed by atoms with Crippen LogP contribution in [0.3, 0.4) is 0 Å². The maximum absolute atomic E-state index is 14.5. The predicted octanol–water partition coefficient (Wildman–Crippen LogP) is 4.85. The Kier molecular flexibility index (Phi) is 5.29. The smallest absolute Gasteiger partial charge is 0.282 e. The van der Waals surface area contributed by atoms with Crippen molar-refractivity contribution in [1.82, 2.24) is 0 Å². The summed E-state index contributed by atoms with van der Waals surface area (Å²) >= 11 is 0. The molecule has 156 valence electrons. The minimum absolute atomic E-state index is 0.0784. The normalized spacial score (nSPS) is 13.7. The van der Waals surface area contributed by atoms with Gasteiger partial charge in [-0.1, -0.05) is 30.3 Å². The molecule has 2 amide bonds. The third-order valence-corrected chi connectivity index (χ3v) is 5.33. The molecule has 0 spiro atoms. The molecule has 1 heterocycles. The maximum atomic E-state index is 14.5. The Labute approximate surface area is 179 Å². The van der Waals surface area contributed by atoms with Crippen LogP contribution >= 0.6 is 0 Å². The van der Waals surface area contributed by atoms with Crippen molar-refractivity contribution in [2.75, 3.05) is 17.3 Å². The van der Waals surface area contributed by atoms with Crippen molar-refractivity contribution in [3.8, 4) is 5.75 Å². The topological polar surface area (TPSA) is 58.6 Å². The van der Waals surface area contributed by atoms with Crippen LogP contribution in [0.2, 0.25) is 0 Å². The van der Waals surface area contributed by atoms with E-state index in [1.54, 1.807) is 43.5 Å². The summed E-state index contributed by atoms with van der Waals surface area (Å²) < 4.78 is 19.6. The molecule has 3 aromatic carbocycles. The van der Waals surface area contributed by atoms with Gasteiger partial charge in [0, 0.05) is 5.69 Å². The van der Waals surface area contributed by atoms with Gasteiger partial charge in [-0.2, -0.15) is 0 Å². The van der Waals surface area contributed by atoms with Gasteiger partial charge in [-0.3, -0.25) is 9.59 Å². The monoisotopic (exact) mass is 416 g/mol. The molecule has 0 bridgehead atoms. The van der Waals surface area contributed by atoms with Crippen molar-refractivity contribution in [2.45, 2.75) is 13.8 Å². The fraction of sp³-hybridized carbons (Fsp3) is 0.120. The van der Waals surface area contributed by atoms with Gasteiger partial charge in [0.15, 0.2) is 0 Å². The first-order valence-corrected chi connectivity index (χ1v) is 9.77. The molecule has 0 saturated carbocycles. The molecule has 0 unspecified atom stereocenters. The quantitative estimate of drug-likeness (QED) is 0.604. The molecule has 1 aliphatic rings. The highest BCUT2D eigenvalue weighted by molar-refractivity contribution is 6.46. The van der Waals surface area contributed by atoms with Gasteiger partial charge in [-0.25, -0.2) is 9.29 Å². The minimum atomic E-state index is -0.644. The number of hydrogen-bond donors (Lipinski definition) is 1. The molecular formula is C25H21FN2O3. The van der Waals surface area contributed by atoms with Gasteiger partial charge < -0.3 is 10.1 Å². The van der Waals surface area contributed by atoms with Crippen LogP contribution < -0.4 is 15.0 Å². The van der Waals surface area contributed by atoms with Crippen LogP contribution in [0.15, 0.2) is 72.4 Å². The lowest BCUT2D eigenvalue weighted by Gasteiger charge is -2.16. The van der Waals surface area contributed by atoms with E-state index in [2.05, 4.69) is 5.32 Å². The van der Waals surface area contributed by atoms with Crippen LogP contribution in [-0.4, -0.2) is 18.9 Å². The number of anilines is 2. The van der Waals surface area contributed by atoms with Gasteiger partial charge in [-0.15, -0.1) is 0 Å². The van der Waals surface area contributed by atoms with Gasteiger partial charge in [-0.05, 0) is 66.9 Å². The number of halogens is 1. The van der Waals surface area contributed by atoms with Crippen molar-refractivity contribution < 1.29 is 18.7 Å². The van der Waals surface area contributed by atoms with E-state index in [1.807, 2.05) is 26.0 Å². The molecule has 0 radical (unpaired) electrons. The second-order valence-corrected chi connectivity index (χ2v) is 7.30. The number of ether oxygens (including phenoxy) is 1. The summed E-state index contributed by atoms with van der Waals surface area (Å²) in [6, 6.07) is 18.3. The number of carbonyl (C=O) groups is 2. The highest BCUT2D eigenvalue weighted by Gasteiger charge is 2.41. The molecule has 5 nitrogen and oxygen atoms in total. The Balaban J connectivity index is 1.83. The standard InChI is InChI=1S/C25H21FN2O3/c1-15-8-9-17(14-16(15)2)22-23(27-18-10-12-19(31-3)13-11-18)25(30)28(24(22)29)21-7-5-4-6-20(21)26/h4-14,27H,1-3H3. The average molecular weight is 416 g/mol. The van der Waals surface area contributed by atoms with Gasteiger partial charge in [0.2, 0.25) is 0 Å². The molecule has 0 aromatic heterocycles. The molecule has 4 rings (SSSR count).